The Balaban J connectivity index is 1.74. The van der Waals surface area contributed by atoms with Crippen LogP contribution in [0.3, 0.4) is 0 Å². The third kappa shape index (κ3) is 2.87. The Labute approximate surface area is 182 Å². The van der Waals surface area contributed by atoms with Crippen LogP contribution >= 0.6 is 7.26 Å². The summed E-state index contributed by atoms with van der Waals surface area (Å²) in [6.07, 6.45) is 4.05. The van der Waals surface area contributed by atoms with Gasteiger partial charge in [-0.3, -0.25) is 4.99 Å². The van der Waals surface area contributed by atoms with Crippen molar-refractivity contribution in [3.63, 3.8) is 0 Å². The fourth-order valence-electron chi connectivity index (χ4n) is 4.74. The molecule has 1 aromatic heterocycles. The first-order valence-corrected chi connectivity index (χ1v) is 12.4. The van der Waals surface area contributed by atoms with Gasteiger partial charge in [0.2, 0.25) is 0 Å². The summed E-state index contributed by atoms with van der Waals surface area (Å²) in [6.45, 7) is 0.785. The second-order valence-corrected chi connectivity index (χ2v) is 11.4. The molecule has 0 bridgehead atoms. The van der Waals surface area contributed by atoms with Crippen LogP contribution in [0.4, 0.5) is 0 Å². The number of hydrogen-bond donors (Lipinski definition) is 1. The third-order valence-electron chi connectivity index (χ3n) is 6.22. The smallest absolute Gasteiger partial charge is 0.144 e. The zero-order chi connectivity index (χ0) is 20.7. The molecule has 148 valence electrons. The summed E-state index contributed by atoms with van der Waals surface area (Å²) in [6, 6.07) is 38.1. The molecular weight excluding hydrogens is 395 g/mol. The summed E-state index contributed by atoms with van der Waals surface area (Å²) in [5, 5.41) is 6.71. The third-order valence-corrected chi connectivity index (χ3v) is 10.5. The Hall–Kier alpha value is -3.48. The van der Waals surface area contributed by atoms with Gasteiger partial charge in [-0.1, -0.05) is 42.5 Å². The topological polar surface area (TPSA) is 28.1 Å². The molecule has 1 aliphatic rings. The van der Waals surface area contributed by atoms with Gasteiger partial charge in [-0.05, 0) is 66.2 Å². The van der Waals surface area contributed by atoms with Crippen LogP contribution in [0.25, 0.3) is 10.9 Å². The molecular formula is C28H22N2P+. The summed E-state index contributed by atoms with van der Waals surface area (Å²) in [4.78, 5) is 7.86. The van der Waals surface area contributed by atoms with E-state index in [1.54, 1.807) is 0 Å². The average Bonchev–Trinajstić information content (AvgIpc) is 3.50. The summed E-state index contributed by atoms with van der Waals surface area (Å²) in [5.74, 6) is 0. The molecule has 0 spiro atoms. The van der Waals surface area contributed by atoms with Crippen molar-refractivity contribution in [1.82, 2.24) is 4.98 Å². The second kappa shape index (κ2) is 7.34. The zero-order valence-electron chi connectivity index (χ0n) is 17.1. The SMILES string of the molecule is C1=NCc2ccc([P+](c3ccccc3)(c3ccccc3)c3ccc4[nH]ccc4c3)cc21. The molecule has 6 rings (SSSR count). The molecule has 1 N–H and O–H groups in total. The second-order valence-electron chi connectivity index (χ2n) is 7.94. The molecule has 5 aromatic rings. The number of nitrogens with zero attached hydrogens (tertiary/aromatic N) is 1. The van der Waals surface area contributed by atoms with Gasteiger partial charge in [0.25, 0.3) is 0 Å². The predicted octanol–water partition coefficient (Wildman–Crippen LogP) is 4.72. The Morgan fingerprint density at radius 3 is 2.06 bits per heavy atom. The van der Waals surface area contributed by atoms with Crippen molar-refractivity contribution in [1.29, 1.82) is 0 Å². The maximum Gasteiger partial charge on any atom is 0.144 e. The number of nitrogens with one attached hydrogen (secondary N) is 1. The van der Waals surface area contributed by atoms with Gasteiger partial charge in [-0.15, -0.1) is 0 Å². The van der Waals surface area contributed by atoms with Gasteiger partial charge in [-0.2, -0.15) is 0 Å². The molecule has 3 heteroatoms. The number of aromatic amines is 1. The maximum atomic E-state index is 4.51. The van der Waals surface area contributed by atoms with Gasteiger partial charge in [0.15, 0.2) is 0 Å². The molecule has 0 atom stereocenters. The monoisotopic (exact) mass is 417 g/mol. The van der Waals surface area contributed by atoms with E-state index in [1.807, 2.05) is 12.4 Å². The van der Waals surface area contributed by atoms with Crippen molar-refractivity contribution in [3.05, 3.63) is 120 Å². The van der Waals surface area contributed by atoms with Crippen LogP contribution in [0, 0.1) is 0 Å². The molecule has 4 aromatic carbocycles. The number of aliphatic imine (C=N–C) groups is 1. The molecule has 0 unspecified atom stereocenters. The van der Waals surface area contributed by atoms with E-state index in [0.29, 0.717) is 0 Å². The molecule has 1 aliphatic heterocycles. The van der Waals surface area contributed by atoms with E-state index in [1.165, 1.54) is 43.2 Å². The number of fused-ring (bicyclic) bond motifs is 2. The highest BCUT2D eigenvalue weighted by Gasteiger charge is 2.48. The van der Waals surface area contributed by atoms with Gasteiger partial charge in [-0.25, -0.2) is 0 Å². The van der Waals surface area contributed by atoms with Gasteiger partial charge in [0, 0.05) is 28.9 Å². The minimum absolute atomic E-state index is 0.785. The van der Waals surface area contributed by atoms with E-state index < -0.39 is 7.26 Å². The Kier molecular flexibility index (Phi) is 4.33. The van der Waals surface area contributed by atoms with Gasteiger partial charge >= 0.3 is 0 Å². The normalized spacial score (nSPS) is 12.9. The number of aromatic nitrogens is 1. The van der Waals surface area contributed by atoms with Crippen LogP contribution in [-0.2, 0) is 6.54 Å². The van der Waals surface area contributed by atoms with E-state index in [4.69, 9.17) is 0 Å². The first-order valence-electron chi connectivity index (χ1n) is 10.6. The lowest BCUT2D eigenvalue weighted by molar-refractivity contribution is 1.11. The lowest BCUT2D eigenvalue weighted by atomic mass is 10.1. The number of hydrogen-bond acceptors (Lipinski definition) is 1. The van der Waals surface area contributed by atoms with Crippen molar-refractivity contribution in [2.24, 2.45) is 4.99 Å². The lowest BCUT2D eigenvalue weighted by Crippen LogP contribution is -2.38. The molecule has 0 amide bonds. The van der Waals surface area contributed by atoms with Crippen molar-refractivity contribution in [3.8, 4) is 0 Å². The fourth-order valence-corrected chi connectivity index (χ4v) is 9.03. The summed E-state index contributed by atoms with van der Waals surface area (Å²) >= 11 is 0. The van der Waals surface area contributed by atoms with Crippen LogP contribution in [0.2, 0.25) is 0 Å². The van der Waals surface area contributed by atoms with Crippen LogP contribution < -0.4 is 21.2 Å². The van der Waals surface area contributed by atoms with E-state index >= 15 is 0 Å². The Morgan fingerprint density at radius 2 is 1.32 bits per heavy atom. The van der Waals surface area contributed by atoms with Gasteiger partial charge in [0.1, 0.15) is 28.5 Å². The first-order chi connectivity index (χ1) is 15.4. The quantitative estimate of drug-likeness (QED) is 0.410. The largest absolute Gasteiger partial charge is 0.361 e. The highest BCUT2D eigenvalue weighted by Crippen LogP contribution is 2.54. The van der Waals surface area contributed by atoms with Crippen LogP contribution in [-0.4, -0.2) is 11.2 Å². The number of rotatable bonds is 4. The fraction of sp³-hybridized carbons (Fsp3) is 0.0357. The molecule has 0 saturated heterocycles. The number of H-pyrrole nitrogens is 1. The molecule has 2 heterocycles. The van der Waals surface area contributed by atoms with Crippen molar-refractivity contribution in [2.75, 3.05) is 0 Å². The van der Waals surface area contributed by atoms with Crippen LogP contribution in [0.1, 0.15) is 11.1 Å². The molecule has 0 aliphatic carbocycles. The summed E-state index contributed by atoms with van der Waals surface area (Å²) in [5.41, 5.74) is 3.73. The molecule has 2 nitrogen and oxygen atoms in total. The van der Waals surface area contributed by atoms with Crippen molar-refractivity contribution >= 4 is 45.6 Å². The lowest BCUT2D eigenvalue weighted by Gasteiger charge is -2.28. The van der Waals surface area contributed by atoms with E-state index in [0.717, 1.165) is 6.54 Å². The first kappa shape index (κ1) is 18.3. The molecule has 0 radical (unpaired) electrons. The van der Waals surface area contributed by atoms with Gasteiger partial charge in [0.05, 0.1) is 6.54 Å². The Bertz CT molecular complexity index is 1360. The van der Waals surface area contributed by atoms with Gasteiger partial charge < -0.3 is 4.98 Å². The predicted molar refractivity (Wildman–Crippen MR) is 134 cm³/mol. The van der Waals surface area contributed by atoms with Crippen molar-refractivity contribution in [2.45, 2.75) is 6.54 Å². The zero-order valence-corrected chi connectivity index (χ0v) is 18.0. The molecule has 0 saturated carbocycles. The van der Waals surface area contributed by atoms with Crippen molar-refractivity contribution < 1.29 is 0 Å². The summed E-state index contributed by atoms with van der Waals surface area (Å²) in [7, 11) is -2.09. The highest BCUT2D eigenvalue weighted by atomic mass is 31.2. The maximum absolute atomic E-state index is 4.51. The van der Waals surface area contributed by atoms with E-state index in [9.17, 15) is 0 Å². The molecule has 0 fully saturated rings. The molecule has 31 heavy (non-hydrogen) atoms. The van der Waals surface area contributed by atoms with Crippen LogP contribution in [0.15, 0.2) is 114 Å². The van der Waals surface area contributed by atoms with Crippen LogP contribution in [0.5, 0.6) is 0 Å². The van der Waals surface area contributed by atoms with E-state index in [2.05, 4.69) is 113 Å². The minimum atomic E-state index is -2.09. The van der Waals surface area contributed by atoms with E-state index in [-0.39, 0.29) is 0 Å². The summed E-state index contributed by atoms with van der Waals surface area (Å²) < 4.78 is 0. The minimum Gasteiger partial charge on any atom is -0.361 e. The number of benzene rings is 4. The highest BCUT2D eigenvalue weighted by molar-refractivity contribution is 8.01. The standard InChI is InChI=1S/C28H22N2P/c1-3-7-24(8-4-1)31(25-9-5-2-6-10-25,26-12-11-22-19-29-20-23(22)18-26)27-13-14-28-21(17-27)15-16-30-28/h1-18,20,30H,19H2/q+1. The Morgan fingerprint density at radius 1 is 0.645 bits per heavy atom. The average molecular weight is 417 g/mol.